The Hall–Kier alpha value is -3.98. The topological polar surface area (TPSA) is 81.4 Å². The van der Waals surface area contributed by atoms with Crippen molar-refractivity contribution in [2.75, 3.05) is 32.7 Å². The summed E-state index contributed by atoms with van der Waals surface area (Å²) >= 11 is 0. The molecule has 0 bridgehead atoms. The SMILES string of the molecule is CCCc1ccccc1C1Cc2nc(OC)nc(N3CCCn4nc(-c5cccc(OC)n5)cc4C3)c2CN1C. The molecule has 9 nitrogen and oxygen atoms in total. The van der Waals surface area contributed by atoms with Gasteiger partial charge in [-0.05, 0) is 43.1 Å². The molecule has 3 aromatic heterocycles. The van der Waals surface area contributed by atoms with Gasteiger partial charge in [0.05, 0.1) is 37.8 Å². The molecule has 0 N–H and O–H groups in total. The Balaban J connectivity index is 1.33. The van der Waals surface area contributed by atoms with Crippen LogP contribution < -0.4 is 14.4 Å². The van der Waals surface area contributed by atoms with E-state index >= 15 is 0 Å². The van der Waals surface area contributed by atoms with E-state index in [0.717, 1.165) is 73.9 Å². The number of benzene rings is 1. The van der Waals surface area contributed by atoms with Gasteiger partial charge in [0.1, 0.15) is 11.5 Å². The zero-order valence-electron chi connectivity index (χ0n) is 23.8. The molecule has 0 fully saturated rings. The Bertz CT molecular complexity index is 1500. The van der Waals surface area contributed by atoms with Crippen LogP contribution in [-0.4, -0.2) is 57.4 Å². The molecular weight excluding hydrogens is 502 g/mol. The second-order valence-corrected chi connectivity index (χ2v) is 10.6. The van der Waals surface area contributed by atoms with Gasteiger partial charge in [0, 0.05) is 43.7 Å². The molecule has 0 radical (unpaired) electrons. The number of nitrogens with zero attached hydrogens (tertiary/aromatic N) is 7. The quantitative estimate of drug-likeness (QED) is 0.330. The maximum Gasteiger partial charge on any atom is 0.318 e. The highest BCUT2D eigenvalue weighted by atomic mass is 16.5. The molecule has 0 saturated carbocycles. The Morgan fingerprint density at radius 1 is 0.925 bits per heavy atom. The highest BCUT2D eigenvalue weighted by Gasteiger charge is 2.32. The molecule has 40 heavy (non-hydrogen) atoms. The summed E-state index contributed by atoms with van der Waals surface area (Å²) in [6.45, 7) is 5.46. The van der Waals surface area contributed by atoms with Gasteiger partial charge in [-0.25, -0.2) is 4.98 Å². The third-order valence-electron chi connectivity index (χ3n) is 8.00. The number of hydrogen-bond acceptors (Lipinski definition) is 8. The van der Waals surface area contributed by atoms with Crippen molar-refractivity contribution in [1.29, 1.82) is 0 Å². The van der Waals surface area contributed by atoms with Crippen LogP contribution >= 0.6 is 0 Å². The van der Waals surface area contributed by atoms with Gasteiger partial charge >= 0.3 is 6.01 Å². The van der Waals surface area contributed by atoms with E-state index in [-0.39, 0.29) is 6.04 Å². The first kappa shape index (κ1) is 26.3. The van der Waals surface area contributed by atoms with E-state index in [4.69, 9.17) is 24.5 Å². The fourth-order valence-electron chi connectivity index (χ4n) is 6.02. The van der Waals surface area contributed by atoms with E-state index in [1.54, 1.807) is 14.2 Å². The lowest BCUT2D eigenvalue weighted by Gasteiger charge is -2.37. The van der Waals surface area contributed by atoms with Crippen LogP contribution in [0.1, 0.15) is 53.9 Å². The summed E-state index contributed by atoms with van der Waals surface area (Å²) in [5.74, 6) is 1.55. The smallest absolute Gasteiger partial charge is 0.318 e. The molecule has 208 valence electrons. The maximum atomic E-state index is 5.63. The van der Waals surface area contributed by atoms with Crippen molar-refractivity contribution >= 4 is 5.82 Å². The van der Waals surface area contributed by atoms with E-state index in [9.17, 15) is 0 Å². The number of anilines is 1. The molecule has 0 spiro atoms. The van der Waals surface area contributed by atoms with Crippen LogP contribution in [0.15, 0.2) is 48.5 Å². The Morgan fingerprint density at radius 2 is 1.80 bits per heavy atom. The monoisotopic (exact) mass is 539 g/mol. The molecule has 1 atom stereocenters. The summed E-state index contributed by atoms with van der Waals surface area (Å²) in [7, 11) is 5.50. The van der Waals surface area contributed by atoms with E-state index < -0.39 is 0 Å². The fourth-order valence-corrected chi connectivity index (χ4v) is 6.02. The highest BCUT2D eigenvalue weighted by molar-refractivity contribution is 5.57. The third kappa shape index (κ3) is 5.01. The number of aryl methyl sites for hydroxylation is 2. The van der Waals surface area contributed by atoms with Crippen LogP contribution in [0.25, 0.3) is 11.4 Å². The summed E-state index contributed by atoms with van der Waals surface area (Å²) < 4.78 is 13.1. The summed E-state index contributed by atoms with van der Waals surface area (Å²) in [6.07, 6.45) is 4.01. The van der Waals surface area contributed by atoms with Gasteiger partial charge in [0.25, 0.3) is 0 Å². The molecule has 0 aliphatic carbocycles. The minimum absolute atomic E-state index is 0.270. The summed E-state index contributed by atoms with van der Waals surface area (Å²) in [5, 5.41) is 4.89. The molecule has 9 heteroatoms. The molecule has 2 aliphatic heterocycles. The second-order valence-electron chi connectivity index (χ2n) is 10.6. The third-order valence-corrected chi connectivity index (χ3v) is 8.00. The number of hydrogen-bond donors (Lipinski definition) is 0. The maximum absolute atomic E-state index is 5.63. The van der Waals surface area contributed by atoms with Gasteiger partial charge < -0.3 is 14.4 Å². The van der Waals surface area contributed by atoms with Crippen molar-refractivity contribution in [2.24, 2.45) is 0 Å². The van der Waals surface area contributed by atoms with E-state index in [2.05, 4.69) is 63.8 Å². The van der Waals surface area contributed by atoms with Crippen molar-refractivity contribution in [3.8, 4) is 23.3 Å². The molecule has 1 unspecified atom stereocenters. The predicted molar refractivity (Wildman–Crippen MR) is 155 cm³/mol. The fraction of sp³-hybridized carbons (Fsp3) is 0.419. The lowest BCUT2D eigenvalue weighted by molar-refractivity contribution is 0.212. The standard InChI is InChI=1S/C31H37N7O2/c1-5-10-21-11-6-7-12-23(21)28-18-26-24(20-36(28)2)30(34-31(33-26)40-4)37-15-9-16-38-22(19-37)17-27(35-38)25-13-8-14-29(32-25)39-3/h6-8,11-14,17,28H,5,9-10,15-16,18-20H2,1-4H3. The number of methoxy groups -OCH3 is 2. The lowest BCUT2D eigenvalue weighted by atomic mass is 9.89. The van der Waals surface area contributed by atoms with Gasteiger partial charge in [0.15, 0.2) is 0 Å². The predicted octanol–water partition coefficient (Wildman–Crippen LogP) is 4.84. The largest absolute Gasteiger partial charge is 0.481 e. The normalized spacial score (nSPS) is 17.2. The van der Waals surface area contributed by atoms with Gasteiger partial charge in [-0.1, -0.05) is 43.7 Å². The number of pyridine rings is 1. The number of aromatic nitrogens is 5. The van der Waals surface area contributed by atoms with Crippen molar-refractivity contribution in [3.63, 3.8) is 0 Å². The number of rotatable bonds is 7. The molecule has 1 aromatic carbocycles. The second kappa shape index (κ2) is 11.3. The van der Waals surface area contributed by atoms with Crippen molar-refractivity contribution in [3.05, 3.63) is 76.6 Å². The Morgan fingerprint density at radius 3 is 2.62 bits per heavy atom. The van der Waals surface area contributed by atoms with Crippen molar-refractivity contribution < 1.29 is 9.47 Å². The van der Waals surface area contributed by atoms with Gasteiger partial charge in [-0.3, -0.25) is 9.58 Å². The highest BCUT2D eigenvalue weighted by Crippen LogP contribution is 2.38. The first-order chi connectivity index (χ1) is 19.6. The first-order valence-electron chi connectivity index (χ1n) is 14.1. The minimum atomic E-state index is 0.270. The van der Waals surface area contributed by atoms with Crippen LogP contribution in [0.3, 0.4) is 0 Å². The summed E-state index contributed by atoms with van der Waals surface area (Å²) in [5.41, 5.74) is 7.89. The first-order valence-corrected chi connectivity index (χ1v) is 14.1. The van der Waals surface area contributed by atoms with Crippen LogP contribution in [0.2, 0.25) is 0 Å². The molecule has 5 heterocycles. The van der Waals surface area contributed by atoms with Crippen molar-refractivity contribution in [1.82, 2.24) is 29.6 Å². The van der Waals surface area contributed by atoms with Crippen LogP contribution in [0.4, 0.5) is 5.82 Å². The van der Waals surface area contributed by atoms with E-state index in [1.165, 1.54) is 16.7 Å². The molecule has 4 aromatic rings. The molecule has 0 amide bonds. The Labute approximate surface area is 235 Å². The molecule has 2 aliphatic rings. The average Bonchev–Trinajstić information content (AvgIpc) is 3.28. The van der Waals surface area contributed by atoms with E-state index in [1.807, 2.05) is 18.2 Å². The number of likely N-dealkylation sites (N-methyl/N-ethyl adjacent to an activating group) is 1. The van der Waals surface area contributed by atoms with Crippen LogP contribution in [0, 0.1) is 0 Å². The minimum Gasteiger partial charge on any atom is -0.481 e. The zero-order chi connectivity index (χ0) is 27.6. The van der Waals surface area contributed by atoms with Gasteiger partial charge in [-0.15, -0.1) is 0 Å². The van der Waals surface area contributed by atoms with Gasteiger partial charge in [-0.2, -0.15) is 15.1 Å². The Kier molecular flexibility index (Phi) is 7.38. The zero-order valence-corrected chi connectivity index (χ0v) is 23.8. The number of fused-ring (bicyclic) bond motifs is 2. The van der Waals surface area contributed by atoms with Gasteiger partial charge in [0.2, 0.25) is 5.88 Å². The van der Waals surface area contributed by atoms with Crippen molar-refractivity contribution in [2.45, 2.75) is 58.3 Å². The number of ether oxygens (including phenoxy) is 2. The molecular formula is C31H37N7O2. The van der Waals surface area contributed by atoms with Crippen LogP contribution in [0.5, 0.6) is 11.9 Å². The summed E-state index contributed by atoms with van der Waals surface area (Å²) in [4.78, 5) is 19.2. The van der Waals surface area contributed by atoms with Crippen LogP contribution in [-0.2, 0) is 32.5 Å². The summed E-state index contributed by atoms with van der Waals surface area (Å²) in [6, 6.07) is 17.4. The average molecular weight is 540 g/mol. The lowest BCUT2D eigenvalue weighted by Crippen LogP contribution is -2.35. The molecule has 6 rings (SSSR count). The van der Waals surface area contributed by atoms with E-state index in [0.29, 0.717) is 18.4 Å². The molecule has 0 saturated heterocycles.